The van der Waals surface area contributed by atoms with Gasteiger partial charge in [-0.05, 0) is 71.3 Å². The topological polar surface area (TPSA) is 33.6 Å². The van der Waals surface area contributed by atoms with Crippen molar-refractivity contribution in [2.75, 3.05) is 0 Å². The largest absolute Gasteiger partial charge is 0.309 e. The van der Waals surface area contributed by atoms with Crippen molar-refractivity contribution >= 4 is 43.6 Å². The van der Waals surface area contributed by atoms with Crippen LogP contribution < -0.4 is 0 Å². The highest BCUT2D eigenvalue weighted by Gasteiger charge is 2.17. The molecule has 3 heteroatoms. The van der Waals surface area contributed by atoms with E-state index in [1.54, 1.807) is 0 Å². The zero-order chi connectivity index (χ0) is 30.6. The number of nitrogens with zero attached hydrogens (tertiary/aromatic N) is 3. The summed E-state index contributed by atoms with van der Waals surface area (Å²) >= 11 is 0. The molecule has 0 saturated carbocycles. The van der Waals surface area contributed by atoms with E-state index in [0.29, 0.717) is 5.56 Å². The van der Waals surface area contributed by atoms with Gasteiger partial charge in [-0.2, -0.15) is 5.26 Å². The van der Waals surface area contributed by atoms with E-state index in [9.17, 15) is 5.26 Å². The van der Waals surface area contributed by atoms with Gasteiger partial charge in [0.1, 0.15) is 0 Å². The van der Waals surface area contributed by atoms with Crippen molar-refractivity contribution in [1.29, 1.82) is 5.26 Å². The maximum atomic E-state index is 9.89. The minimum absolute atomic E-state index is 0.636. The van der Waals surface area contributed by atoms with Crippen LogP contribution in [-0.4, -0.2) is 9.13 Å². The van der Waals surface area contributed by atoms with Crippen LogP contribution in [0.1, 0.15) is 5.56 Å². The number of fused-ring (bicyclic) bond motifs is 6. The van der Waals surface area contributed by atoms with Gasteiger partial charge in [0.2, 0.25) is 0 Å². The molecule has 0 spiro atoms. The molecule has 0 amide bonds. The fourth-order valence-corrected chi connectivity index (χ4v) is 7.08. The number of hydrogen-bond acceptors (Lipinski definition) is 1. The Hall–Kier alpha value is -6.37. The molecule has 2 heterocycles. The number of hydrogen-bond donors (Lipinski definition) is 0. The Kier molecular flexibility index (Phi) is 5.88. The van der Waals surface area contributed by atoms with E-state index in [4.69, 9.17) is 0 Å². The molecule has 214 valence electrons. The molecule has 9 rings (SSSR count). The van der Waals surface area contributed by atoms with Crippen molar-refractivity contribution in [3.63, 3.8) is 0 Å². The lowest BCUT2D eigenvalue weighted by Crippen LogP contribution is -1.98. The molecule has 2 aromatic heterocycles. The molecule has 0 aliphatic heterocycles. The average molecular weight is 586 g/mol. The lowest BCUT2D eigenvalue weighted by molar-refractivity contribution is 1.18. The molecule has 0 atom stereocenters. The first-order chi connectivity index (χ1) is 22.8. The van der Waals surface area contributed by atoms with Gasteiger partial charge in [0.15, 0.2) is 0 Å². The Labute approximate surface area is 266 Å². The third-order valence-electron chi connectivity index (χ3n) is 9.16. The predicted octanol–water partition coefficient (Wildman–Crippen LogP) is 11.1. The van der Waals surface area contributed by atoms with E-state index in [1.165, 1.54) is 32.6 Å². The first kappa shape index (κ1) is 26.1. The lowest BCUT2D eigenvalue weighted by Gasteiger charge is -2.15. The fourth-order valence-electron chi connectivity index (χ4n) is 7.08. The molecule has 0 N–H and O–H groups in total. The van der Waals surface area contributed by atoms with Crippen LogP contribution in [0, 0.1) is 11.3 Å². The van der Waals surface area contributed by atoms with Crippen LogP contribution in [0.5, 0.6) is 0 Å². The maximum Gasteiger partial charge on any atom is 0.0992 e. The first-order valence-corrected chi connectivity index (χ1v) is 15.5. The van der Waals surface area contributed by atoms with E-state index in [2.05, 4.69) is 167 Å². The highest BCUT2D eigenvalue weighted by molar-refractivity contribution is 6.10. The van der Waals surface area contributed by atoms with E-state index >= 15 is 0 Å². The maximum absolute atomic E-state index is 9.89. The van der Waals surface area contributed by atoms with Crippen LogP contribution in [0.2, 0.25) is 0 Å². The SMILES string of the molecule is N#Cc1ccc(-c2cccc(-c3ccc(-n4c5ccccc5c5ccccc54)cc3)c2)c(-n2c3ccccc3c3ccccc32)c1. The zero-order valence-electron chi connectivity index (χ0n) is 24.9. The summed E-state index contributed by atoms with van der Waals surface area (Å²) in [6.45, 7) is 0. The quantitative estimate of drug-likeness (QED) is 0.202. The Morgan fingerprint density at radius 2 is 0.891 bits per heavy atom. The van der Waals surface area contributed by atoms with Crippen molar-refractivity contribution in [3.05, 3.63) is 169 Å². The van der Waals surface area contributed by atoms with Crippen LogP contribution in [0.4, 0.5) is 0 Å². The standard InChI is InChI=1S/C43H27N3/c44-28-29-20-25-34(43(26-29)46-41-18-7-3-14-37(41)38-15-4-8-19-42(38)46)32-11-9-10-31(27-32)30-21-23-33(24-22-30)45-39-16-5-1-12-35(39)36-13-2-6-17-40(36)45/h1-27H. The highest BCUT2D eigenvalue weighted by atomic mass is 15.0. The Morgan fingerprint density at radius 1 is 0.391 bits per heavy atom. The molecule has 46 heavy (non-hydrogen) atoms. The Morgan fingerprint density at radius 3 is 1.43 bits per heavy atom. The van der Waals surface area contributed by atoms with Gasteiger partial charge in [-0.15, -0.1) is 0 Å². The summed E-state index contributed by atoms with van der Waals surface area (Å²) in [5.41, 5.74) is 11.9. The van der Waals surface area contributed by atoms with E-state index < -0.39 is 0 Å². The molecule has 0 radical (unpaired) electrons. The van der Waals surface area contributed by atoms with Gasteiger partial charge in [-0.3, -0.25) is 0 Å². The summed E-state index contributed by atoms with van der Waals surface area (Å²) < 4.78 is 4.65. The number of para-hydroxylation sites is 4. The van der Waals surface area contributed by atoms with Crippen molar-refractivity contribution in [2.24, 2.45) is 0 Å². The van der Waals surface area contributed by atoms with Gasteiger partial charge in [0, 0.05) is 32.8 Å². The second kappa shape index (κ2) is 10.4. The fraction of sp³-hybridized carbons (Fsp3) is 0. The molecule has 7 aromatic carbocycles. The van der Waals surface area contributed by atoms with Crippen LogP contribution in [0.3, 0.4) is 0 Å². The van der Waals surface area contributed by atoms with Crippen molar-refractivity contribution < 1.29 is 0 Å². The monoisotopic (exact) mass is 585 g/mol. The van der Waals surface area contributed by atoms with Crippen LogP contribution in [0.15, 0.2) is 164 Å². The number of aromatic nitrogens is 2. The molecule has 0 unspecified atom stereocenters. The Balaban J connectivity index is 1.17. The number of rotatable bonds is 4. The minimum Gasteiger partial charge on any atom is -0.309 e. The molecule has 3 nitrogen and oxygen atoms in total. The number of nitriles is 1. The summed E-state index contributed by atoms with van der Waals surface area (Å²) in [6.07, 6.45) is 0. The minimum atomic E-state index is 0.636. The highest BCUT2D eigenvalue weighted by Crippen LogP contribution is 2.38. The second-order valence-corrected chi connectivity index (χ2v) is 11.7. The van der Waals surface area contributed by atoms with Crippen LogP contribution >= 0.6 is 0 Å². The molecule has 0 aliphatic rings. The smallest absolute Gasteiger partial charge is 0.0992 e. The molecule has 0 saturated heterocycles. The summed E-state index contributed by atoms with van der Waals surface area (Å²) in [4.78, 5) is 0. The van der Waals surface area contributed by atoms with Gasteiger partial charge in [0.25, 0.3) is 0 Å². The van der Waals surface area contributed by atoms with Crippen LogP contribution in [0.25, 0.3) is 77.2 Å². The van der Waals surface area contributed by atoms with Gasteiger partial charge in [-0.25, -0.2) is 0 Å². The second-order valence-electron chi connectivity index (χ2n) is 11.7. The third-order valence-corrected chi connectivity index (χ3v) is 9.16. The number of benzene rings is 7. The summed E-state index contributed by atoms with van der Waals surface area (Å²) in [6, 6.07) is 60.2. The third kappa shape index (κ3) is 3.98. The molecular formula is C43H27N3. The summed E-state index contributed by atoms with van der Waals surface area (Å²) in [5, 5.41) is 14.8. The van der Waals surface area contributed by atoms with E-state index in [1.807, 2.05) is 12.1 Å². The van der Waals surface area contributed by atoms with Gasteiger partial charge >= 0.3 is 0 Å². The average Bonchev–Trinajstić information content (AvgIpc) is 3.65. The van der Waals surface area contributed by atoms with Gasteiger partial charge < -0.3 is 9.13 Å². The predicted molar refractivity (Wildman–Crippen MR) is 191 cm³/mol. The molecule has 9 aromatic rings. The molecular weight excluding hydrogens is 558 g/mol. The van der Waals surface area contributed by atoms with Crippen LogP contribution in [-0.2, 0) is 0 Å². The Bertz CT molecular complexity index is 2540. The zero-order valence-corrected chi connectivity index (χ0v) is 24.9. The first-order valence-electron chi connectivity index (χ1n) is 15.5. The normalized spacial score (nSPS) is 11.5. The molecule has 0 aliphatic carbocycles. The summed E-state index contributed by atoms with van der Waals surface area (Å²) in [7, 11) is 0. The van der Waals surface area contributed by atoms with Crippen molar-refractivity contribution in [1.82, 2.24) is 9.13 Å². The lowest BCUT2D eigenvalue weighted by atomic mass is 9.96. The van der Waals surface area contributed by atoms with Gasteiger partial charge in [0.05, 0.1) is 39.4 Å². The van der Waals surface area contributed by atoms with Crippen molar-refractivity contribution in [2.45, 2.75) is 0 Å². The van der Waals surface area contributed by atoms with Crippen molar-refractivity contribution in [3.8, 4) is 39.7 Å². The van der Waals surface area contributed by atoms with E-state index in [0.717, 1.165) is 44.7 Å². The van der Waals surface area contributed by atoms with Gasteiger partial charge in [-0.1, -0.05) is 109 Å². The molecule has 0 bridgehead atoms. The summed E-state index contributed by atoms with van der Waals surface area (Å²) in [5.74, 6) is 0. The van der Waals surface area contributed by atoms with E-state index in [-0.39, 0.29) is 0 Å². The molecule has 0 fully saturated rings.